The number of nitrogens with one attached hydrogen (secondary N) is 1. The third kappa shape index (κ3) is 6.08. The molecule has 136 valence electrons. The second-order valence-corrected chi connectivity index (χ2v) is 5.96. The zero-order valence-electron chi connectivity index (χ0n) is 15.2. The summed E-state index contributed by atoms with van der Waals surface area (Å²) >= 11 is 0. The summed E-state index contributed by atoms with van der Waals surface area (Å²) < 4.78 is 5.71. The maximum atomic E-state index is 5.71. The highest BCUT2D eigenvalue weighted by molar-refractivity contribution is 14.0. The van der Waals surface area contributed by atoms with E-state index in [0.29, 0.717) is 6.10 Å². The lowest BCUT2D eigenvalue weighted by Gasteiger charge is -2.34. The molecule has 1 aromatic rings. The molecule has 0 atom stereocenters. The molecule has 0 spiro atoms. The SMILES string of the molecule is CCOC1CCN(C(=NC)NCc2ccnc(N(C)C)c2)CC1.I. The van der Waals surface area contributed by atoms with Crippen LogP contribution >= 0.6 is 24.0 Å². The van der Waals surface area contributed by atoms with Crippen molar-refractivity contribution in [2.24, 2.45) is 4.99 Å². The van der Waals surface area contributed by atoms with E-state index in [1.165, 1.54) is 5.56 Å². The highest BCUT2D eigenvalue weighted by Crippen LogP contribution is 2.14. The van der Waals surface area contributed by atoms with Gasteiger partial charge in [0.2, 0.25) is 0 Å². The molecule has 0 aromatic carbocycles. The van der Waals surface area contributed by atoms with Crippen molar-refractivity contribution < 1.29 is 4.74 Å². The lowest BCUT2D eigenvalue weighted by atomic mass is 10.1. The van der Waals surface area contributed by atoms with Crippen LogP contribution in [0.15, 0.2) is 23.3 Å². The van der Waals surface area contributed by atoms with Crippen LogP contribution in [-0.2, 0) is 11.3 Å². The average Bonchev–Trinajstić information content (AvgIpc) is 2.57. The Hall–Kier alpha value is -1.09. The maximum Gasteiger partial charge on any atom is 0.193 e. The number of guanidine groups is 1. The van der Waals surface area contributed by atoms with Gasteiger partial charge in [0.15, 0.2) is 5.96 Å². The molecule has 7 heteroatoms. The van der Waals surface area contributed by atoms with Crippen molar-refractivity contribution in [2.75, 3.05) is 45.7 Å². The van der Waals surface area contributed by atoms with E-state index >= 15 is 0 Å². The van der Waals surface area contributed by atoms with Gasteiger partial charge >= 0.3 is 0 Å². The minimum atomic E-state index is 0. The molecule has 0 aliphatic carbocycles. The van der Waals surface area contributed by atoms with Gasteiger partial charge < -0.3 is 19.9 Å². The minimum absolute atomic E-state index is 0. The number of likely N-dealkylation sites (tertiary alicyclic amines) is 1. The first kappa shape index (κ1) is 21.0. The van der Waals surface area contributed by atoms with Gasteiger partial charge in [-0.15, -0.1) is 24.0 Å². The molecular weight excluding hydrogens is 417 g/mol. The number of halogens is 1. The Balaban J connectivity index is 0.00000288. The predicted molar refractivity (Wildman–Crippen MR) is 110 cm³/mol. The largest absolute Gasteiger partial charge is 0.378 e. The molecule has 1 aliphatic rings. The van der Waals surface area contributed by atoms with E-state index in [4.69, 9.17) is 4.74 Å². The zero-order chi connectivity index (χ0) is 16.7. The molecule has 1 aromatic heterocycles. The van der Waals surface area contributed by atoms with Crippen LogP contribution in [0.25, 0.3) is 0 Å². The van der Waals surface area contributed by atoms with Crippen LogP contribution in [0.4, 0.5) is 5.82 Å². The normalized spacial score (nSPS) is 15.8. The summed E-state index contributed by atoms with van der Waals surface area (Å²) in [6.07, 6.45) is 4.38. The third-order valence-electron chi connectivity index (χ3n) is 4.07. The molecule has 6 nitrogen and oxygen atoms in total. The number of pyridine rings is 1. The molecule has 0 radical (unpaired) electrons. The molecular formula is C17H30IN5O. The lowest BCUT2D eigenvalue weighted by molar-refractivity contribution is 0.0263. The van der Waals surface area contributed by atoms with Gasteiger partial charge in [-0.25, -0.2) is 4.98 Å². The number of nitrogens with zero attached hydrogens (tertiary/aromatic N) is 4. The van der Waals surface area contributed by atoms with Crippen molar-refractivity contribution in [3.63, 3.8) is 0 Å². The smallest absolute Gasteiger partial charge is 0.193 e. The number of hydrogen-bond acceptors (Lipinski definition) is 4. The molecule has 0 unspecified atom stereocenters. The number of ether oxygens (including phenoxy) is 1. The van der Waals surface area contributed by atoms with Crippen molar-refractivity contribution in [1.82, 2.24) is 15.2 Å². The summed E-state index contributed by atoms with van der Waals surface area (Å²) in [4.78, 5) is 13.1. The number of rotatable bonds is 5. The van der Waals surface area contributed by atoms with Crippen molar-refractivity contribution in [1.29, 1.82) is 0 Å². The van der Waals surface area contributed by atoms with Crippen LogP contribution in [0.2, 0.25) is 0 Å². The second-order valence-electron chi connectivity index (χ2n) is 5.96. The van der Waals surface area contributed by atoms with Crippen molar-refractivity contribution in [2.45, 2.75) is 32.4 Å². The highest BCUT2D eigenvalue weighted by Gasteiger charge is 2.21. The molecule has 24 heavy (non-hydrogen) atoms. The Morgan fingerprint density at radius 3 is 2.71 bits per heavy atom. The first-order chi connectivity index (χ1) is 11.1. The van der Waals surface area contributed by atoms with Crippen molar-refractivity contribution in [3.05, 3.63) is 23.9 Å². The quantitative estimate of drug-likeness (QED) is 0.427. The summed E-state index contributed by atoms with van der Waals surface area (Å²) in [7, 11) is 5.84. The Bertz CT molecular complexity index is 515. The van der Waals surface area contributed by atoms with Crippen molar-refractivity contribution in [3.8, 4) is 0 Å². The van der Waals surface area contributed by atoms with Gasteiger partial charge in [0.05, 0.1) is 6.10 Å². The number of piperidine rings is 1. The summed E-state index contributed by atoms with van der Waals surface area (Å²) in [5, 5.41) is 3.46. The molecule has 1 N–H and O–H groups in total. The van der Waals surface area contributed by atoms with E-state index in [2.05, 4.69) is 33.2 Å². The molecule has 2 rings (SSSR count). The van der Waals surface area contributed by atoms with Crippen LogP contribution < -0.4 is 10.2 Å². The average molecular weight is 447 g/mol. The zero-order valence-corrected chi connectivity index (χ0v) is 17.5. The summed E-state index contributed by atoms with van der Waals surface area (Å²) in [5.41, 5.74) is 1.20. The molecule has 0 bridgehead atoms. The van der Waals surface area contributed by atoms with Gasteiger partial charge in [-0.2, -0.15) is 0 Å². The van der Waals surface area contributed by atoms with Crippen molar-refractivity contribution >= 4 is 35.8 Å². The Labute approximate surface area is 162 Å². The van der Waals surface area contributed by atoms with Crippen LogP contribution in [0.3, 0.4) is 0 Å². The topological polar surface area (TPSA) is 53.0 Å². The van der Waals surface area contributed by atoms with Gasteiger partial charge in [-0.1, -0.05) is 0 Å². The van der Waals surface area contributed by atoms with E-state index in [0.717, 1.165) is 50.9 Å². The van der Waals surface area contributed by atoms with Gasteiger partial charge in [0.25, 0.3) is 0 Å². The minimum Gasteiger partial charge on any atom is -0.378 e. The van der Waals surface area contributed by atoms with Crippen LogP contribution in [0.5, 0.6) is 0 Å². The number of aromatic nitrogens is 1. The number of anilines is 1. The van der Waals surface area contributed by atoms with E-state index in [1.54, 1.807) is 0 Å². The van der Waals surface area contributed by atoms with Crippen LogP contribution in [0, 0.1) is 0 Å². The first-order valence-corrected chi connectivity index (χ1v) is 8.33. The summed E-state index contributed by atoms with van der Waals surface area (Å²) in [6.45, 7) is 5.59. The molecule has 1 saturated heterocycles. The number of hydrogen-bond donors (Lipinski definition) is 1. The monoisotopic (exact) mass is 447 g/mol. The first-order valence-electron chi connectivity index (χ1n) is 8.33. The molecule has 2 heterocycles. The predicted octanol–water partition coefficient (Wildman–Crippen LogP) is 2.34. The van der Waals surface area contributed by atoms with Crippen LogP contribution in [-0.4, -0.2) is 62.8 Å². The lowest BCUT2D eigenvalue weighted by Crippen LogP contribution is -2.46. The maximum absolute atomic E-state index is 5.71. The number of aliphatic imine (C=N–C) groups is 1. The summed E-state index contributed by atoms with van der Waals surface area (Å²) in [6, 6.07) is 4.14. The van der Waals surface area contributed by atoms with Gasteiger partial charge in [-0.3, -0.25) is 4.99 Å². The summed E-state index contributed by atoms with van der Waals surface area (Å²) in [5.74, 6) is 1.93. The Morgan fingerprint density at radius 2 is 2.12 bits per heavy atom. The van der Waals surface area contributed by atoms with E-state index < -0.39 is 0 Å². The fraction of sp³-hybridized carbons (Fsp3) is 0.647. The third-order valence-corrected chi connectivity index (χ3v) is 4.07. The highest BCUT2D eigenvalue weighted by atomic mass is 127. The van der Waals surface area contributed by atoms with Gasteiger partial charge in [0, 0.05) is 53.6 Å². The van der Waals surface area contributed by atoms with E-state index in [9.17, 15) is 0 Å². The fourth-order valence-corrected chi connectivity index (χ4v) is 2.80. The van der Waals surface area contributed by atoms with Gasteiger partial charge in [-0.05, 0) is 37.5 Å². The molecule has 0 amide bonds. The molecule has 0 saturated carbocycles. The Kier molecular flexibility index (Phi) is 9.35. The molecule has 1 aliphatic heterocycles. The van der Waals surface area contributed by atoms with Crippen LogP contribution in [0.1, 0.15) is 25.3 Å². The second kappa shape index (κ2) is 10.7. The van der Waals surface area contributed by atoms with E-state index in [-0.39, 0.29) is 24.0 Å². The Morgan fingerprint density at radius 1 is 1.42 bits per heavy atom. The fourth-order valence-electron chi connectivity index (χ4n) is 2.80. The standard InChI is InChI=1S/C17H29N5O.HI/c1-5-23-15-7-10-22(11-8-15)17(18-2)20-13-14-6-9-19-16(12-14)21(3)4;/h6,9,12,15H,5,7-8,10-11,13H2,1-4H3,(H,18,20);1H. The van der Waals surface area contributed by atoms with Gasteiger partial charge in [0.1, 0.15) is 5.82 Å². The molecule has 1 fully saturated rings. The van der Waals surface area contributed by atoms with E-state index in [1.807, 2.05) is 38.3 Å².